The standard InChI is InChI=1S/C25H22O4/c26-25(28-16-18-7-5-6-17-15-27-13-12-19(17)18)14-22-20-8-1-3-10-23(20)29-24-11-4-2-9-21(22)24/h1-11,22H,12-16H2. The van der Waals surface area contributed by atoms with Gasteiger partial charge in [-0.05, 0) is 35.2 Å². The molecule has 0 amide bonds. The first-order chi connectivity index (χ1) is 14.3. The molecule has 0 saturated heterocycles. The summed E-state index contributed by atoms with van der Waals surface area (Å²) in [5, 5.41) is 0. The number of ether oxygens (including phenoxy) is 3. The zero-order chi connectivity index (χ0) is 19.6. The molecule has 4 heteroatoms. The van der Waals surface area contributed by atoms with Gasteiger partial charge < -0.3 is 14.2 Å². The molecule has 146 valence electrons. The number of benzene rings is 3. The van der Waals surface area contributed by atoms with Crippen molar-refractivity contribution < 1.29 is 19.0 Å². The molecule has 5 rings (SSSR count). The molecule has 2 aliphatic rings. The van der Waals surface area contributed by atoms with E-state index in [1.165, 1.54) is 11.1 Å². The van der Waals surface area contributed by atoms with E-state index in [1.54, 1.807) is 0 Å². The van der Waals surface area contributed by atoms with Crippen molar-refractivity contribution in [3.05, 3.63) is 94.5 Å². The van der Waals surface area contributed by atoms with Gasteiger partial charge in [0, 0.05) is 17.0 Å². The Labute approximate surface area is 170 Å². The zero-order valence-electron chi connectivity index (χ0n) is 16.1. The number of para-hydroxylation sites is 2. The Kier molecular flexibility index (Phi) is 4.78. The van der Waals surface area contributed by atoms with Gasteiger partial charge in [0.2, 0.25) is 0 Å². The molecule has 0 spiro atoms. The fourth-order valence-corrected chi connectivity index (χ4v) is 4.25. The Morgan fingerprint density at radius 1 is 0.931 bits per heavy atom. The van der Waals surface area contributed by atoms with E-state index in [0.29, 0.717) is 19.8 Å². The highest BCUT2D eigenvalue weighted by Gasteiger charge is 2.29. The van der Waals surface area contributed by atoms with Crippen molar-refractivity contribution in [1.82, 2.24) is 0 Å². The van der Waals surface area contributed by atoms with Crippen molar-refractivity contribution in [2.75, 3.05) is 6.61 Å². The van der Waals surface area contributed by atoms with Crippen LogP contribution in [0.2, 0.25) is 0 Å². The van der Waals surface area contributed by atoms with Gasteiger partial charge in [-0.15, -0.1) is 0 Å². The van der Waals surface area contributed by atoms with Gasteiger partial charge in [-0.3, -0.25) is 4.79 Å². The maximum Gasteiger partial charge on any atom is 0.307 e. The zero-order valence-corrected chi connectivity index (χ0v) is 16.1. The number of hydrogen-bond acceptors (Lipinski definition) is 4. The monoisotopic (exact) mass is 386 g/mol. The SMILES string of the molecule is O=C(CC1c2ccccc2Oc2ccccc21)OCc1cccc2c1CCOC2. The molecule has 2 heterocycles. The van der Waals surface area contributed by atoms with E-state index >= 15 is 0 Å². The average molecular weight is 386 g/mol. The lowest BCUT2D eigenvalue weighted by Crippen LogP contribution is -2.17. The lowest BCUT2D eigenvalue weighted by atomic mass is 9.85. The molecule has 0 atom stereocenters. The van der Waals surface area contributed by atoms with E-state index in [0.717, 1.165) is 34.6 Å². The van der Waals surface area contributed by atoms with Crippen molar-refractivity contribution in [2.45, 2.75) is 32.0 Å². The summed E-state index contributed by atoms with van der Waals surface area (Å²) >= 11 is 0. The highest BCUT2D eigenvalue weighted by Crippen LogP contribution is 2.45. The second-order valence-electron chi connectivity index (χ2n) is 7.45. The summed E-state index contributed by atoms with van der Waals surface area (Å²) in [6, 6.07) is 21.9. The molecule has 3 aromatic carbocycles. The topological polar surface area (TPSA) is 44.8 Å². The fraction of sp³-hybridized carbons (Fsp3) is 0.240. The van der Waals surface area contributed by atoms with Crippen LogP contribution in [0.25, 0.3) is 0 Å². The van der Waals surface area contributed by atoms with E-state index in [2.05, 4.69) is 6.07 Å². The second-order valence-corrected chi connectivity index (χ2v) is 7.45. The normalized spacial score (nSPS) is 14.9. The van der Waals surface area contributed by atoms with Crippen LogP contribution in [0.1, 0.15) is 40.2 Å². The summed E-state index contributed by atoms with van der Waals surface area (Å²) in [6.07, 6.45) is 1.15. The minimum atomic E-state index is -0.203. The summed E-state index contributed by atoms with van der Waals surface area (Å²) in [5.74, 6) is 1.34. The smallest absolute Gasteiger partial charge is 0.307 e. The number of fused-ring (bicyclic) bond motifs is 3. The first-order valence-electron chi connectivity index (χ1n) is 9.98. The Balaban J connectivity index is 1.34. The first-order valence-corrected chi connectivity index (χ1v) is 9.98. The number of rotatable bonds is 4. The molecule has 0 N–H and O–H groups in total. The molecule has 4 nitrogen and oxygen atoms in total. The molecule has 3 aromatic rings. The van der Waals surface area contributed by atoms with Crippen molar-refractivity contribution in [1.29, 1.82) is 0 Å². The average Bonchev–Trinajstić information content (AvgIpc) is 2.77. The fourth-order valence-electron chi connectivity index (χ4n) is 4.25. The largest absolute Gasteiger partial charge is 0.461 e. The second kappa shape index (κ2) is 7.72. The van der Waals surface area contributed by atoms with Crippen LogP contribution in [0.5, 0.6) is 11.5 Å². The van der Waals surface area contributed by atoms with E-state index in [-0.39, 0.29) is 18.3 Å². The molecule has 0 unspecified atom stereocenters. The summed E-state index contributed by atoms with van der Waals surface area (Å²) < 4.78 is 17.2. The predicted octanol–water partition coefficient (Wildman–Crippen LogP) is 5.13. The number of carbonyl (C=O) groups is 1. The number of esters is 1. The van der Waals surface area contributed by atoms with E-state index < -0.39 is 0 Å². The van der Waals surface area contributed by atoms with Crippen LogP contribution in [-0.4, -0.2) is 12.6 Å². The molecular weight excluding hydrogens is 364 g/mol. The molecule has 0 bridgehead atoms. The molecule has 2 aliphatic heterocycles. The van der Waals surface area contributed by atoms with Crippen molar-refractivity contribution in [2.24, 2.45) is 0 Å². The molecule has 0 aliphatic carbocycles. The third kappa shape index (κ3) is 3.52. The molecule has 0 saturated carbocycles. The molecule has 0 radical (unpaired) electrons. The summed E-state index contributed by atoms with van der Waals surface area (Å²) in [6.45, 7) is 1.65. The van der Waals surface area contributed by atoms with Crippen molar-refractivity contribution in [3.8, 4) is 11.5 Å². The predicted molar refractivity (Wildman–Crippen MR) is 109 cm³/mol. The van der Waals surface area contributed by atoms with Gasteiger partial charge >= 0.3 is 5.97 Å². The highest BCUT2D eigenvalue weighted by atomic mass is 16.5. The van der Waals surface area contributed by atoms with Crippen LogP contribution >= 0.6 is 0 Å². The van der Waals surface area contributed by atoms with Gasteiger partial charge in [0.1, 0.15) is 18.1 Å². The minimum absolute atomic E-state index is 0.0678. The van der Waals surface area contributed by atoms with Crippen LogP contribution in [0.3, 0.4) is 0 Å². The van der Waals surface area contributed by atoms with E-state index in [1.807, 2.05) is 60.7 Å². The van der Waals surface area contributed by atoms with Gasteiger partial charge in [0.15, 0.2) is 0 Å². The quantitative estimate of drug-likeness (QED) is 0.583. The molecular formula is C25H22O4. The lowest BCUT2D eigenvalue weighted by Gasteiger charge is -2.27. The summed E-state index contributed by atoms with van der Waals surface area (Å²) in [4.78, 5) is 12.8. The van der Waals surface area contributed by atoms with Gasteiger partial charge in [0.05, 0.1) is 19.6 Å². The first kappa shape index (κ1) is 18.0. The number of hydrogen-bond donors (Lipinski definition) is 0. The van der Waals surface area contributed by atoms with Crippen LogP contribution in [0.15, 0.2) is 66.7 Å². The van der Waals surface area contributed by atoms with Gasteiger partial charge in [-0.2, -0.15) is 0 Å². The Morgan fingerprint density at radius 3 is 2.41 bits per heavy atom. The van der Waals surface area contributed by atoms with Gasteiger partial charge in [0.25, 0.3) is 0 Å². The van der Waals surface area contributed by atoms with Gasteiger partial charge in [-0.1, -0.05) is 54.6 Å². The maximum absolute atomic E-state index is 12.8. The maximum atomic E-state index is 12.8. The van der Waals surface area contributed by atoms with Crippen molar-refractivity contribution in [3.63, 3.8) is 0 Å². The van der Waals surface area contributed by atoms with Crippen LogP contribution in [0, 0.1) is 0 Å². The van der Waals surface area contributed by atoms with Crippen LogP contribution in [0.4, 0.5) is 0 Å². The number of carbonyl (C=O) groups excluding carboxylic acids is 1. The molecule has 29 heavy (non-hydrogen) atoms. The summed E-state index contributed by atoms with van der Waals surface area (Å²) in [5.41, 5.74) is 5.58. The lowest BCUT2D eigenvalue weighted by molar-refractivity contribution is -0.145. The van der Waals surface area contributed by atoms with Crippen LogP contribution < -0.4 is 4.74 Å². The Hall–Kier alpha value is -3.11. The third-order valence-corrected chi connectivity index (χ3v) is 5.69. The Morgan fingerprint density at radius 2 is 1.66 bits per heavy atom. The van der Waals surface area contributed by atoms with E-state index in [9.17, 15) is 4.79 Å². The van der Waals surface area contributed by atoms with Gasteiger partial charge in [-0.25, -0.2) is 0 Å². The third-order valence-electron chi connectivity index (χ3n) is 5.69. The van der Waals surface area contributed by atoms with E-state index in [4.69, 9.17) is 14.2 Å². The molecule has 0 fully saturated rings. The minimum Gasteiger partial charge on any atom is -0.461 e. The molecule has 0 aromatic heterocycles. The highest BCUT2D eigenvalue weighted by molar-refractivity contribution is 5.73. The van der Waals surface area contributed by atoms with Crippen LogP contribution in [-0.2, 0) is 33.9 Å². The summed E-state index contributed by atoms with van der Waals surface area (Å²) in [7, 11) is 0. The Bertz CT molecular complexity index is 1010. The van der Waals surface area contributed by atoms with Crippen molar-refractivity contribution >= 4 is 5.97 Å².